The molecule has 0 aliphatic carbocycles. The van der Waals surface area contributed by atoms with Gasteiger partial charge in [0, 0.05) is 41.2 Å². The molecule has 270 valence electrons. The lowest BCUT2D eigenvalue weighted by atomic mass is 9.90. The monoisotopic (exact) mass is 703 g/mol. The van der Waals surface area contributed by atoms with Crippen LogP contribution in [0.1, 0.15) is 65.5 Å². The van der Waals surface area contributed by atoms with Gasteiger partial charge in [-0.15, -0.1) is 0 Å². The molecule has 0 radical (unpaired) electrons. The molecule has 0 saturated carbocycles. The summed E-state index contributed by atoms with van der Waals surface area (Å²) >= 11 is 0. The lowest BCUT2D eigenvalue weighted by Crippen LogP contribution is -2.25. The summed E-state index contributed by atoms with van der Waals surface area (Å²) in [6.07, 6.45) is 4.14. The minimum Gasteiger partial charge on any atom is -0.507 e. The van der Waals surface area contributed by atoms with Gasteiger partial charge in [-0.1, -0.05) is 68.4 Å². The highest BCUT2D eigenvalue weighted by atomic mass is 16.5. The maximum absolute atomic E-state index is 11.6. The van der Waals surface area contributed by atoms with Crippen LogP contribution in [-0.4, -0.2) is 75.0 Å². The number of rotatable bonds is 13. The van der Waals surface area contributed by atoms with E-state index in [1.54, 1.807) is 55.6 Å². The number of aromatic carboxylic acids is 2. The molecule has 1 heterocycles. The van der Waals surface area contributed by atoms with E-state index in [9.17, 15) is 30.0 Å². The highest BCUT2D eigenvalue weighted by Crippen LogP contribution is 2.39. The van der Waals surface area contributed by atoms with Crippen molar-refractivity contribution in [3.05, 3.63) is 113 Å². The van der Waals surface area contributed by atoms with E-state index < -0.39 is 23.4 Å². The number of anilines is 1. The van der Waals surface area contributed by atoms with E-state index in [1.807, 2.05) is 24.4 Å². The number of carboxylic acid groups (broad SMARTS) is 2. The Hall–Kier alpha value is -5.87. The fourth-order valence-electron chi connectivity index (χ4n) is 6.58. The van der Waals surface area contributed by atoms with E-state index in [1.165, 1.54) is 18.6 Å². The molecule has 0 saturated heterocycles. The third-order valence-corrected chi connectivity index (χ3v) is 9.39. The summed E-state index contributed by atoms with van der Waals surface area (Å²) < 4.78 is 5.41. The van der Waals surface area contributed by atoms with E-state index in [0.717, 1.165) is 48.4 Å². The van der Waals surface area contributed by atoms with Crippen molar-refractivity contribution in [2.75, 3.05) is 32.1 Å². The number of ether oxygens (including phenoxy) is 1. The van der Waals surface area contributed by atoms with Crippen LogP contribution in [0, 0.1) is 0 Å². The van der Waals surface area contributed by atoms with Gasteiger partial charge in [0.25, 0.3) is 0 Å². The molecule has 6 aromatic rings. The van der Waals surface area contributed by atoms with Crippen molar-refractivity contribution in [2.45, 2.75) is 46.1 Å². The quantitative estimate of drug-likeness (QED) is 0.0791. The Morgan fingerprint density at radius 3 is 1.85 bits per heavy atom. The molecule has 10 heteroatoms. The summed E-state index contributed by atoms with van der Waals surface area (Å²) in [4.78, 5) is 30.2. The van der Waals surface area contributed by atoms with Crippen molar-refractivity contribution in [2.24, 2.45) is 0 Å². The van der Waals surface area contributed by atoms with Crippen molar-refractivity contribution in [1.29, 1.82) is 0 Å². The number of nitrogens with one attached hydrogen (secondary N) is 1. The number of aromatic hydroxyl groups is 2. The number of hydrogen-bond donors (Lipinski definition) is 5. The number of aromatic nitrogens is 1. The Bertz CT molecular complexity index is 2110. The zero-order valence-corrected chi connectivity index (χ0v) is 29.9. The molecule has 6 rings (SSSR count). The zero-order valence-electron chi connectivity index (χ0n) is 29.9. The second-order valence-corrected chi connectivity index (χ2v) is 12.7. The van der Waals surface area contributed by atoms with Gasteiger partial charge in [0.15, 0.2) is 0 Å². The zero-order chi connectivity index (χ0) is 37.4. The maximum atomic E-state index is 11.6. The first-order valence-electron chi connectivity index (χ1n) is 17.4. The topological polar surface area (TPSA) is 152 Å². The first kappa shape index (κ1) is 37.4. The lowest BCUT2D eigenvalue weighted by molar-refractivity contribution is 0.0682. The fraction of sp³-hybridized carbons (Fsp3) is 0.262. The summed E-state index contributed by atoms with van der Waals surface area (Å²) in [7, 11) is 1.70. The smallest absolute Gasteiger partial charge is 0.339 e. The summed E-state index contributed by atoms with van der Waals surface area (Å²) in [6.45, 7) is 10.1. The van der Waals surface area contributed by atoms with Crippen molar-refractivity contribution in [3.63, 3.8) is 0 Å². The van der Waals surface area contributed by atoms with Gasteiger partial charge < -0.3 is 35.4 Å². The van der Waals surface area contributed by atoms with Crippen LogP contribution >= 0.6 is 0 Å². The third kappa shape index (κ3) is 8.35. The van der Waals surface area contributed by atoms with E-state index in [-0.39, 0.29) is 17.5 Å². The van der Waals surface area contributed by atoms with E-state index in [4.69, 9.17) is 4.74 Å². The van der Waals surface area contributed by atoms with Crippen LogP contribution in [-0.2, 0) is 6.42 Å². The van der Waals surface area contributed by atoms with Gasteiger partial charge in [0.05, 0.1) is 18.3 Å². The Labute approximate surface area is 302 Å². The number of benzene rings is 5. The molecule has 0 bridgehead atoms. The number of pyridine rings is 1. The van der Waals surface area contributed by atoms with Gasteiger partial charge in [-0.25, -0.2) is 9.59 Å². The Balaban J connectivity index is 0.000000207. The molecule has 0 amide bonds. The lowest BCUT2D eigenvalue weighted by Gasteiger charge is -2.21. The Morgan fingerprint density at radius 1 is 0.788 bits per heavy atom. The molecule has 0 aliphatic rings. The molecule has 1 unspecified atom stereocenters. The largest absolute Gasteiger partial charge is 0.507 e. The molecule has 52 heavy (non-hydrogen) atoms. The summed E-state index contributed by atoms with van der Waals surface area (Å²) in [5.74, 6) is -2.49. The molecular formula is C42H45N3O7. The number of nitrogens with zero attached hydrogens (tertiary/aromatic N) is 2. The predicted molar refractivity (Wildman–Crippen MR) is 206 cm³/mol. The highest BCUT2D eigenvalue weighted by molar-refractivity contribution is 6.02. The minimum absolute atomic E-state index is 0.0407. The Morgan fingerprint density at radius 2 is 1.33 bits per heavy atom. The van der Waals surface area contributed by atoms with Crippen LogP contribution in [0.25, 0.3) is 32.4 Å². The van der Waals surface area contributed by atoms with Crippen LogP contribution in [0.2, 0.25) is 0 Å². The number of methoxy groups -OCH3 is 1. The number of fused-ring (bicyclic) bond motifs is 3. The number of hydrogen-bond acceptors (Lipinski definition) is 8. The van der Waals surface area contributed by atoms with Crippen molar-refractivity contribution in [3.8, 4) is 17.2 Å². The molecular weight excluding hydrogens is 658 g/mol. The predicted octanol–water partition coefficient (Wildman–Crippen LogP) is 8.56. The van der Waals surface area contributed by atoms with Gasteiger partial charge in [-0.3, -0.25) is 4.98 Å². The summed E-state index contributed by atoms with van der Waals surface area (Å²) in [5, 5.41) is 47.5. The highest BCUT2D eigenvalue weighted by Gasteiger charge is 2.22. The van der Waals surface area contributed by atoms with E-state index in [0.29, 0.717) is 38.7 Å². The molecule has 5 aromatic carbocycles. The van der Waals surface area contributed by atoms with Crippen molar-refractivity contribution in [1.82, 2.24) is 9.88 Å². The summed E-state index contributed by atoms with van der Waals surface area (Å²) in [5.41, 5.74) is 2.17. The van der Waals surface area contributed by atoms with Crippen LogP contribution in [0.4, 0.5) is 5.69 Å². The second kappa shape index (κ2) is 16.9. The van der Waals surface area contributed by atoms with E-state index in [2.05, 4.69) is 42.0 Å². The SMILES string of the molecule is CCN(CC)CCCC(C)Nc1cc(OC)cc2cccnc12.O=C(O)c1cc2ccccc2c(Cc2c(O)c(C(=O)O)cc3ccccc23)c1O. The fourth-order valence-corrected chi connectivity index (χ4v) is 6.58. The Kier molecular flexibility index (Phi) is 12.1. The van der Waals surface area contributed by atoms with Crippen molar-refractivity contribution < 1.29 is 34.8 Å². The number of phenols is 2. The van der Waals surface area contributed by atoms with Gasteiger partial charge in [0.2, 0.25) is 0 Å². The first-order chi connectivity index (χ1) is 25.1. The average molecular weight is 704 g/mol. The standard InChI is InChI=1S/C23H16O6.C19H29N3O/c24-20-16(14-7-3-1-5-12(14)9-18(20)22(26)27)11-17-15-8-4-2-6-13(15)10-19(21(17)25)23(28)29;1-5-22(6-2)12-8-9-15(3)21-18-14-17(23-4)13-16-10-7-11-20-19(16)18/h1-10,24-25H,11H2,(H,26,27)(H,28,29);7,10-11,13-15,21H,5-6,8-9,12H2,1-4H3. The molecule has 0 fully saturated rings. The van der Waals surface area contributed by atoms with Crippen LogP contribution in [0.15, 0.2) is 91.1 Å². The van der Waals surface area contributed by atoms with Crippen LogP contribution in [0.5, 0.6) is 17.2 Å². The van der Waals surface area contributed by atoms with Crippen LogP contribution in [0.3, 0.4) is 0 Å². The van der Waals surface area contributed by atoms with Gasteiger partial charge in [0.1, 0.15) is 28.4 Å². The third-order valence-electron chi connectivity index (χ3n) is 9.39. The van der Waals surface area contributed by atoms with Gasteiger partial charge in [-0.05, 0) is 85.2 Å². The van der Waals surface area contributed by atoms with Gasteiger partial charge in [-0.2, -0.15) is 0 Å². The maximum Gasteiger partial charge on any atom is 0.339 e. The minimum atomic E-state index is -1.28. The van der Waals surface area contributed by atoms with Gasteiger partial charge >= 0.3 is 11.9 Å². The number of carbonyl (C=O) groups is 2. The number of carboxylic acids is 2. The average Bonchev–Trinajstić information content (AvgIpc) is 3.15. The normalized spacial score (nSPS) is 11.7. The molecule has 1 aromatic heterocycles. The summed E-state index contributed by atoms with van der Waals surface area (Å²) in [6, 6.07) is 25.3. The molecule has 5 N–H and O–H groups in total. The second-order valence-electron chi connectivity index (χ2n) is 12.7. The molecule has 10 nitrogen and oxygen atoms in total. The molecule has 0 spiro atoms. The molecule has 1 atom stereocenters. The first-order valence-corrected chi connectivity index (χ1v) is 17.4. The van der Waals surface area contributed by atoms with E-state index >= 15 is 0 Å². The molecule has 0 aliphatic heterocycles. The van der Waals surface area contributed by atoms with Crippen LogP contribution < -0.4 is 10.1 Å². The van der Waals surface area contributed by atoms with Crippen molar-refractivity contribution >= 4 is 50.1 Å².